The van der Waals surface area contributed by atoms with E-state index in [9.17, 15) is 9.59 Å². The van der Waals surface area contributed by atoms with Crippen molar-refractivity contribution in [2.45, 2.75) is 77.4 Å². The van der Waals surface area contributed by atoms with Crippen LogP contribution in [0.5, 0.6) is 0 Å². The summed E-state index contributed by atoms with van der Waals surface area (Å²) in [6.45, 7) is 6.25. The van der Waals surface area contributed by atoms with Crippen molar-refractivity contribution < 1.29 is 14.3 Å². The third kappa shape index (κ3) is 3.89. The first-order valence-electron chi connectivity index (χ1n) is 11.7. The number of hydrogen-bond acceptors (Lipinski definition) is 7. The fourth-order valence-corrected chi connectivity index (χ4v) is 6.14. The predicted octanol–water partition coefficient (Wildman–Crippen LogP) is 4.67. The van der Waals surface area contributed by atoms with Gasteiger partial charge in [0.1, 0.15) is 11.5 Å². The van der Waals surface area contributed by atoms with Crippen molar-refractivity contribution >= 4 is 29.0 Å². The van der Waals surface area contributed by atoms with E-state index in [4.69, 9.17) is 4.74 Å². The van der Waals surface area contributed by atoms with E-state index in [1.165, 1.54) is 24.2 Å². The highest BCUT2D eigenvalue weighted by molar-refractivity contribution is 7.17. The molecule has 1 aliphatic carbocycles. The molecule has 2 aromatic rings. The Bertz CT molecular complexity index is 1030. The number of amides is 1. The topological polar surface area (TPSA) is 84.4 Å². The van der Waals surface area contributed by atoms with Gasteiger partial charge in [0.25, 0.3) is 5.91 Å². The molecule has 0 spiro atoms. The molecule has 32 heavy (non-hydrogen) atoms. The van der Waals surface area contributed by atoms with E-state index in [0.717, 1.165) is 48.5 Å². The Labute approximate surface area is 192 Å². The lowest BCUT2D eigenvalue weighted by atomic mass is 10.0. The van der Waals surface area contributed by atoms with Gasteiger partial charge in [-0.2, -0.15) is 0 Å². The third-order valence-electron chi connectivity index (χ3n) is 7.03. The van der Waals surface area contributed by atoms with Gasteiger partial charge in [0.15, 0.2) is 0 Å². The number of esters is 1. The highest BCUT2D eigenvalue weighted by atomic mass is 32.1. The fourth-order valence-electron chi connectivity index (χ4n) is 5.11. The zero-order chi connectivity index (χ0) is 22.4. The standard InChI is InChI=1S/C24H30N4O3S/c1-4-31-24(30)22-27-20(23(29)28-16-7-8-17(28)10-9-16)21(32-22)18-12-25-19(11-13(18)2)26-14(3)15-5-6-15/h11-12,14-17H,4-10H2,1-3H3,(H,25,26)/t14-,16?,17?/m1/s1. The molecule has 5 rings (SSSR count). The van der Waals surface area contributed by atoms with Crippen molar-refractivity contribution in [1.29, 1.82) is 0 Å². The largest absolute Gasteiger partial charge is 0.461 e. The van der Waals surface area contributed by atoms with Gasteiger partial charge in [0, 0.05) is 29.9 Å². The van der Waals surface area contributed by atoms with Gasteiger partial charge in [-0.3, -0.25) is 4.79 Å². The van der Waals surface area contributed by atoms with Gasteiger partial charge in [-0.05, 0) is 76.8 Å². The first kappa shape index (κ1) is 21.4. The summed E-state index contributed by atoms with van der Waals surface area (Å²) < 4.78 is 5.17. The van der Waals surface area contributed by atoms with Crippen LogP contribution in [-0.4, -0.2) is 51.5 Å². The molecule has 3 fully saturated rings. The maximum absolute atomic E-state index is 13.6. The molecular formula is C24H30N4O3S. The van der Waals surface area contributed by atoms with Crippen LogP contribution in [0.25, 0.3) is 10.4 Å². The van der Waals surface area contributed by atoms with E-state index in [1.54, 1.807) is 13.1 Å². The molecule has 8 heteroatoms. The van der Waals surface area contributed by atoms with Crippen molar-refractivity contribution in [1.82, 2.24) is 14.9 Å². The maximum atomic E-state index is 13.6. The van der Waals surface area contributed by atoms with Crippen LogP contribution in [0.3, 0.4) is 0 Å². The summed E-state index contributed by atoms with van der Waals surface area (Å²) in [7, 11) is 0. The molecule has 0 unspecified atom stereocenters. The Morgan fingerprint density at radius 3 is 2.50 bits per heavy atom. The van der Waals surface area contributed by atoms with Crippen molar-refractivity contribution in [3.8, 4) is 10.4 Å². The molecule has 1 N–H and O–H groups in total. The van der Waals surface area contributed by atoms with Crippen molar-refractivity contribution in [3.05, 3.63) is 28.5 Å². The number of carbonyl (C=O) groups is 2. The lowest BCUT2D eigenvalue weighted by Gasteiger charge is -2.21. The number of anilines is 1. The molecule has 170 valence electrons. The number of nitrogens with zero attached hydrogens (tertiary/aromatic N) is 3. The van der Waals surface area contributed by atoms with Gasteiger partial charge >= 0.3 is 5.97 Å². The Hall–Kier alpha value is -2.48. The number of nitrogens with one attached hydrogen (secondary N) is 1. The van der Waals surface area contributed by atoms with E-state index in [2.05, 4.69) is 22.2 Å². The first-order chi connectivity index (χ1) is 15.5. The molecule has 7 nitrogen and oxygen atoms in total. The smallest absolute Gasteiger partial charge is 0.367 e. The monoisotopic (exact) mass is 454 g/mol. The highest BCUT2D eigenvalue weighted by Crippen LogP contribution is 2.41. The summed E-state index contributed by atoms with van der Waals surface area (Å²) in [4.78, 5) is 37.8. The van der Waals surface area contributed by atoms with E-state index in [0.29, 0.717) is 28.7 Å². The number of pyridine rings is 1. The second kappa shape index (κ2) is 8.46. The van der Waals surface area contributed by atoms with Crippen LogP contribution < -0.4 is 5.32 Å². The van der Waals surface area contributed by atoms with Crippen molar-refractivity contribution in [3.63, 3.8) is 0 Å². The Morgan fingerprint density at radius 1 is 1.22 bits per heavy atom. The molecular weight excluding hydrogens is 424 g/mol. The second-order valence-corrected chi connectivity index (χ2v) is 10.2. The van der Waals surface area contributed by atoms with Gasteiger partial charge in [-0.25, -0.2) is 14.8 Å². The predicted molar refractivity (Wildman–Crippen MR) is 124 cm³/mol. The minimum Gasteiger partial charge on any atom is -0.461 e. The summed E-state index contributed by atoms with van der Waals surface area (Å²) in [5.74, 6) is 1.02. The van der Waals surface area contributed by atoms with Crippen LogP contribution in [0.2, 0.25) is 0 Å². The Morgan fingerprint density at radius 2 is 1.91 bits per heavy atom. The number of hydrogen-bond donors (Lipinski definition) is 1. The average Bonchev–Trinajstić information content (AvgIpc) is 3.25. The molecule has 4 heterocycles. The van der Waals surface area contributed by atoms with Gasteiger partial charge in [-0.1, -0.05) is 0 Å². The van der Waals surface area contributed by atoms with Gasteiger partial charge < -0.3 is 15.0 Å². The first-order valence-corrected chi connectivity index (χ1v) is 12.5. The number of carbonyl (C=O) groups excluding carboxylic acids is 2. The number of aromatic nitrogens is 2. The van der Waals surface area contributed by atoms with Crippen LogP contribution in [-0.2, 0) is 4.74 Å². The van der Waals surface area contributed by atoms with Gasteiger partial charge in [-0.15, -0.1) is 11.3 Å². The lowest BCUT2D eigenvalue weighted by molar-refractivity contribution is 0.0526. The fraction of sp³-hybridized carbons (Fsp3) is 0.583. The molecule has 1 saturated carbocycles. The average molecular weight is 455 g/mol. The van der Waals surface area contributed by atoms with Gasteiger partial charge in [0.2, 0.25) is 5.01 Å². The molecule has 0 aromatic carbocycles. The van der Waals surface area contributed by atoms with Crippen LogP contribution in [0.15, 0.2) is 12.3 Å². The Balaban J connectivity index is 1.49. The maximum Gasteiger partial charge on any atom is 0.367 e. The summed E-state index contributed by atoms with van der Waals surface area (Å²) in [5.41, 5.74) is 2.20. The van der Waals surface area contributed by atoms with Crippen LogP contribution >= 0.6 is 11.3 Å². The summed E-state index contributed by atoms with van der Waals surface area (Å²) in [6, 6.07) is 3.01. The molecule has 1 amide bonds. The van der Waals surface area contributed by atoms with E-state index < -0.39 is 5.97 Å². The number of ether oxygens (including phenoxy) is 1. The molecule has 2 saturated heterocycles. The minimum absolute atomic E-state index is 0.0687. The van der Waals surface area contributed by atoms with E-state index in [-0.39, 0.29) is 17.5 Å². The lowest BCUT2D eigenvalue weighted by Crippen LogP contribution is -2.35. The van der Waals surface area contributed by atoms with E-state index in [1.807, 2.05) is 17.9 Å². The zero-order valence-corrected chi connectivity index (χ0v) is 19.7. The molecule has 2 bridgehead atoms. The number of thiazole rings is 1. The van der Waals surface area contributed by atoms with Crippen LogP contribution in [0.1, 0.15) is 78.2 Å². The zero-order valence-electron chi connectivity index (χ0n) is 18.9. The van der Waals surface area contributed by atoms with E-state index >= 15 is 0 Å². The minimum atomic E-state index is -0.482. The van der Waals surface area contributed by atoms with Gasteiger partial charge in [0.05, 0.1) is 11.5 Å². The number of fused-ring (bicyclic) bond motifs is 2. The SMILES string of the molecule is CCOC(=O)c1nc(C(=O)N2C3CCC2CC3)c(-c2cnc(N[C@H](C)C3CC3)cc2C)s1. The third-order valence-corrected chi connectivity index (χ3v) is 8.10. The van der Waals surface area contributed by atoms with Crippen molar-refractivity contribution in [2.75, 3.05) is 11.9 Å². The summed E-state index contributed by atoms with van der Waals surface area (Å²) in [6.07, 6.45) is 8.57. The quantitative estimate of drug-likeness (QED) is 0.612. The normalized spacial score (nSPS) is 22.8. The van der Waals surface area contributed by atoms with Crippen LogP contribution in [0.4, 0.5) is 5.82 Å². The second-order valence-electron chi connectivity index (χ2n) is 9.25. The van der Waals surface area contributed by atoms with Crippen LogP contribution in [0, 0.1) is 12.8 Å². The summed E-state index contributed by atoms with van der Waals surface area (Å²) >= 11 is 1.23. The molecule has 2 aromatic heterocycles. The molecule has 3 aliphatic rings. The Kier molecular flexibility index (Phi) is 5.65. The number of rotatable bonds is 7. The highest BCUT2D eigenvalue weighted by Gasteiger charge is 2.44. The molecule has 0 radical (unpaired) electrons. The number of aryl methyl sites for hydroxylation is 1. The molecule has 1 atom stereocenters. The molecule has 2 aliphatic heterocycles. The van der Waals surface area contributed by atoms with Crippen molar-refractivity contribution in [2.24, 2.45) is 5.92 Å². The summed E-state index contributed by atoms with van der Waals surface area (Å²) in [5, 5.41) is 3.72.